The summed E-state index contributed by atoms with van der Waals surface area (Å²) >= 11 is 5.87. The number of anilines is 1. The number of benzene rings is 1. The zero-order chi connectivity index (χ0) is 12.8. The van der Waals surface area contributed by atoms with E-state index in [9.17, 15) is 4.79 Å². The number of nitrogens with zero attached hydrogens (tertiary/aromatic N) is 1. The quantitative estimate of drug-likeness (QED) is 0.795. The lowest BCUT2D eigenvalue weighted by atomic mass is 10.2. The third-order valence-electron chi connectivity index (χ3n) is 2.03. The molecule has 0 bridgehead atoms. The summed E-state index contributed by atoms with van der Waals surface area (Å²) in [6, 6.07) is 5.72. The molecule has 0 heterocycles. The van der Waals surface area contributed by atoms with E-state index in [4.69, 9.17) is 29.0 Å². The highest BCUT2D eigenvalue weighted by Gasteiger charge is 2.13. The van der Waals surface area contributed by atoms with Gasteiger partial charge in [-0.1, -0.05) is 11.6 Å². The number of rotatable bonds is 3. The summed E-state index contributed by atoms with van der Waals surface area (Å²) in [6.07, 6.45) is 5.20. The number of amides is 1. The number of hydrogen-bond donors (Lipinski definition) is 2. The summed E-state index contributed by atoms with van der Waals surface area (Å²) in [6.45, 7) is 0. The van der Waals surface area contributed by atoms with Gasteiger partial charge < -0.3 is 11.1 Å². The predicted octanol–water partition coefficient (Wildman–Crippen LogP) is 1.50. The van der Waals surface area contributed by atoms with Crippen molar-refractivity contribution < 1.29 is 4.79 Å². The predicted molar refractivity (Wildman–Crippen MR) is 66.2 cm³/mol. The lowest BCUT2D eigenvalue weighted by Crippen LogP contribution is -2.35. The number of carbonyl (C=O) groups is 1. The Balaban J connectivity index is 2.85. The molecule has 0 aliphatic heterocycles. The average molecular weight is 248 g/mol. The van der Waals surface area contributed by atoms with Crippen LogP contribution in [-0.4, -0.2) is 11.9 Å². The van der Waals surface area contributed by atoms with Gasteiger partial charge in [-0.3, -0.25) is 4.79 Å². The number of hydrogen-bond acceptors (Lipinski definition) is 3. The zero-order valence-electron chi connectivity index (χ0n) is 8.90. The molecule has 0 radical (unpaired) electrons. The number of halogens is 1. The van der Waals surface area contributed by atoms with Gasteiger partial charge in [0.25, 0.3) is 0 Å². The molecule has 3 N–H and O–H groups in total. The summed E-state index contributed by atoms with van der Waals surface area (Å²) in [5.41, 5.74) is 6.28. The van der Waals surface area contributed by atoms with E-state index < -0.39 is 11.9 Å². The molecule has 0 saturated carbocycles. The first-order chi connectivity index (χ1) is 8.08. The normalized spacial score (nSPS) is 11.1. The highest BCUT2D eigenvalue weighted by molar-refractivity contribution is 6.33. The van der Waals surface area contributed by atoms with Gasteiger partial charge in [0.2, 0.25) is 5.91 Å². The maximum atomic E-state index is 11.6. The number of nitrogens with one attached hydrogen (secondary N) is 1. The topological polar surface area (TPSA) is 78.9 Å². The molecule has 1 rings (SSSR count). The van der Waals surface area contributed by atoms with E-state index in [0.29, 0.717) is 16.3 Å². The summed E-state index contributed by atoms with van der Waals surface area (Å²) in [5, 5.41) is 11.6. The first-order valence-electron chi connectivity index (χ1n) is 4.78. The SMILES string of the molecule is C#CCC(N)C(=O)Nc1cc(C#N)ccc1Cl. The molecule has 1 amide bonds. The Morgan fingerprint density at radius 1 is 1.65 bits per heavy atom. The van der Waals surface area contributed by atoms with Gasteiger partial charge in [-0.05, 0) is 18.2 Å². The van der Waals surface area contributed by atoms with E-state index in [1.165, 1.54) is 12.1 Å². The van der Waals surface area contributed by atoms with Crippen molar-refractivity contribution in [3.8, 4) is 18.4 Å². The zero-order valence-corrected chi connectivity index (χ0v) is 9.66. The van der Waals surface area contributed by atoms with Crippen LogP contribution >= 0.6 is 11.6 Å². The fourth-order valence-corrected chi connectivity index (χ4v) is 1.30. The minimum absolute atomic E-state index is 0.140. The number of nitriles is 1. The Hall–Kier alpha value is -2.01. The van der Waals surface area contributed by atoms with E-state index in [1.54, 1.807) is 6.07 Å². The second kappa shape index (κ2) is 5.91. The molecule has 4 nitrogen and oxygen atoms in total. The highest BCUT2D eigenvalue weighted by Crippen LogP contribution is 2.22. The Morgan fingerprint density at radius 3 is 2.94 bits per heavy atom. The Kier molecular flexibility index (Phi) is 4.54. The van der Waals surface area contributed by atoms with Crippen LogP contribution in [0.1, 0.15) is 12.0 Å². The molecule has 0 aliphatic carbocycles. The molecule has 86 valence electrons. The van der Waals surface area contributed by atoms with Crippen molar-refractivity contribution in [3.63, 3.8) is 0 Å². The van der Waals surface area contributed by atoms with Gasteiger partial charge in [0.15, 0.2) is 0 Å². The van der Waals surface area contributed by atoms with Gasteiger partial charge in [-0.25, -0.2) is 0 Å². The molecule has 0 saturated heterocycles. The average Bonchev–Trinajstić information content (AvgIpc) is 2.32. The van der Waals surface area contributed by atoms with Crippen molar-refractivity contribution in [1.29, 1.82) is 5.26 Å². The van der Waals surface area contributed by atoms with Crippen LogP contribution in [0.3, 0.4) is 0 Å². The van der Waals surface area contributed by atoms with E-state index in [1.807, 2.05) is 6.07 Å². The molecular weight excluding hydrogens is 238 g/mol. The standard InChI is InChI=1S/C12H10ClN3O/c1-2-3-10(15)12(17)16-11-6-8(7-14)4-5-9(11)13/h1,4-6,10H,3,15H2,(H,16,17). The monoisotopic (exact) mass is 247 g/mol. The molecule has 1 atom stereocenters. The minimum Gasteiger partial charge on any atom is -0.323 e. The highest BCUT2D eigenvalue weighted by atomic mass is 35.5. The molecule has 5 heteroatoms. The molecule has 1 unspecified atom stereocenters. The van der Waals surface area contributed by atoms with Gasteiger partial charge in [0, 0.05) is 6.42 Å². The molecule has 1 aromatic carbocycles. The lowest BCUT2D eigenvalue weighted by Gasteiger charge is -2.11. The number of carbonyl (C=O) groups excluding carboxylic acids is 1. The summed E-state index contributed by atoms with van der Waals surface area (Å²) < 4.78 is 0. The third kappa shape index (κ3) is 3.49. The van der Waals surface area contributed by atoms with Crippen LogP contribution in [0, 0.1) is 23.7 Å². The van der Waals surface area contributed by atoms with Crippen LogP contribution in [-0.2, 0) is 4.79 Å². The number of nitrogens with two attached hydrogens (primary N) is 1. The second-order valence-corrected chi connectivity index (χ2v) is 3.72. The molecule has 1 aromatic rings. The van der Waals surface area contributed by atoms with Crippen molar-refractivity contribution in [2.75, 3.05) is 5.32 Å². The number of terminal acetylenes is 1. The first-order valence-corrected chi connectivity index (χ1v) is 5.16. The maximum Gasteiger partial charge on any atom is 0.242 e. The molecule has 0 spiro atoms. The minimum atomic E-state index is -0.790. The molecule has 17 heavy (non-hydrogen) atoms. The van der Waals surface area contributed by atoms with Gasteiger partial charge >= 0.3 is 0 Å². The molecule has 0 aliphatic rings. The Morgan fingerprint density at radius 2 is 2.35 bits per heavy atom. The summed E-state index contributed by atoms with van der Waals surface area (Å²) in [5.74, 6) is 1.87. The van der Waals surface area contributed by atoms with Crippen molar-refractivity contribution in [1.82, 2.24) is 0 Å². The fraction of sp³-hybridized carbons (Fsp3) is 0.167. The maximum absolute atomic E-state index is 11.6. The van der Waals surface area contributed by atoms with Gasteiger partial charge in [0.1, 0.15) is 0 Å². The lowest BCUT2D eigenvalue weighted by molar-refractivity contribution is -0.117. The van der Waals surface area contributed by atoms with Crippen LogP contribution in [0.25, 0.3) is 0 Å². The first kappa shape index (κ1) is 13.1. The van der Waals surface area contributed by atoms with Crippen LogP contribution in [0.5, 0.6) is 0 Å². The van der Waals surface area contributed by atoms with Gasteiger partial charge in [-0.2, -0.15) is 5.26 Å². The second-order valence-electron chi connectivity index (χ2n) is 3.31. The van der Waals surface area contributed by atoms with Crippen LogP contribution in [0.15, 0.2) is 18.2 Å². The van der Waals surface area contributed by atoms with Gasteiger partial charge in [-0.15, -0.1) is 12.3 Å². The molecule has 0 aromatic heterocycles. The van der Waals surface area contributed by atoms with Crippen LogP contribution in [0.2, 0.25) is 5.02 Å². The Bertz CT molecular complexity index is 513. The Labute approximate surface area is 104 Å². The van der Waals surface area contributed by atoms with Crippen molar-refractivity contribution in [2.45, 2.75) is 12.5 Å². The van der Waals surface area contributed by atoms with E-state index in [2.05, 4.69) is 11.2 Å². The van der Waals surface area contributed by atoms with Crippen LogP contribution in [0.4, 0.5) is 5.69 Å². The van der Waals surface area contributed by atoms with Crippen molar-refractivity contribution in [2.24, 2.45) is 5.73 Å². The van der Waals surface area contributed by atoms with Crippen LogP contribution < -0.4 is 11.1 Å². The summed E-state index contributed by atoms with van der Waals surface area (Å²) in [4.78, 5) is 11.6. The third-order valence-corrected chi connectivity index (χ3v) is 2.36. The van der Waals surface area contributed by atoms with E-state index >= 15 is 0 Å². The van der Waals surface area contributed by atoms with Crippen molar-refractivity contribution >= 4 is 23.2 Å². The molecule has 0 fully saturated rings. The van der Waals surface area contributed by atoms with Gasteiger partial charge in [0.05, 0.1) is 28.4 Å². The molecular formula is C12H10ClN3O. The fourth-order valence-electron chi connectivity index (χ4n) is 1.14. The largest absolute Gasteiger partial charge is 0.323 e. The van der Waals surface area contributed by atoms with Crippen molar-refractivity contribution in [3.05, 3.63) is 28.8 Å². The van der Waals surface area contributed by atoms with E-state index in [0.717, 1.165) is 0 Å². The smallest absolute Gasteiger partial charge is 0.242 e. The summed E-state index contributed by atoms with van der Waals surface area (Å²) in [7, 11) is 0. The van der Waals surface area contributed by atoms with E-state index in [-0.39, 0.29) is 6.42 Å².